The lowest BCUT2D eigenvalue weighted by atomic mass is 9.96. The van der Waals surface area contributed by atoms with Gasteiger partial charge in [-0.3, -0.25) is 4.79 Å². The molecule has 2 aromatic heterocycles. The third-order valence-corrected chi connectivity index (χ3v) is 2.41. The van der Waals surface area contributed by atoms with Crippen LogP contribution in [0.15, 0.2) is 18.3 Å². The van der Waals surface area contributed by atoms with Crippen LogP contribution in [0.3, 0.4) is 0 Å². The number of hydrogen-bond donors (Lipinski definition) is 0. The number of pyridine rings is 1. The quantitative estimate of drug-likeness (QED) is 0.688. The average molecular weight is 217 g/mol. The van der Waals surface area contributed by atoms with Gasteiger partial charge in [-0.1, -0.05) is 20.8 Å². The molecule has 2 rings (SSSR count). The first-order valence-corrected chi connectivity index (χ1v) is 5.26. The first-order valence-electron chi connectivity index (χ1n) is 5.26. The van der Waals surface area contributed by atoms with Crippen molar-refractivity contribution in [1.29, 1.82) is 0 Å². The standard InChI is InChI=1S/C12H15N3O/c1-8(16)9-5-6-15-10(7-9)13-11(14-15)12(2,3)4/h5-7H,1-4H3. The van der Waals surface area contributed by atoms with Crippen molar-refractivity contribution < 1.29 is 4.79 Å². The average Bonchev–Trinajstić information content (AvgIpc) is 2.58. The van der Waals surface area contributed by atoms with E-state index in [9.17, 15) is 4.79 Å². The summed E-state index contributed by atoms with van der Waals surface area (Å²) in [5.74, 6) is 0.830. The number of ketones is 1. The number of Topliss-reactive ketones (excluding diaryl/α,β-unsaturated/α-hetero) is 1. The molecule has 0 aliphatic rings. The Kier molecular flexibility index (Phi) is 2.30. The van der Waals surface area contributed by atoms with Crippen LogP contribution in [-0.2, 0) is 5.41 Å². The van der Waals surface area contributed by atoms with Crippen molar-refractivity contribution >= 4 is 11.4 Å². The van der Waals surface area contributed by atoms with E-state index in [2.05, 4.69) is 30.9 Å². The molecule has 0 aliphatic carbocycles. The van der Waals surface area contributed by atoms with Crippen molar-refractivity contribution in [3.8, 4) is 0 Å². The molecule has 0 amide bonds. The van der Waals surface area contributed by atoms with Gasteiger partial charge in [0.05, 0.1) is 0 Å². The van der Waals surface area contributed by atoms with Gasteiger partial charge in [0.15, 0.2) is 17.3 Å². The molecule has 0 spiro atoms. The molecule has 0 aliphatic heterocycles. The zero-order valence-electron chi connectivity index (χ0n) is 9.98. The van der Waals surface area contributed by atoms with Crippen molar-refractivity contribution in [3.05, 3.63) is 29.7 Å². The highest BCUT2D eigenvalue weighted by molar-refractivity contribution is 5.94. The van der Waals surface area contributed by atoms with E-state index in [1.165, 1.54) is 0 Å². The molecular weight excluding hydrogens is 202 g/mol. The molecule has 84 valence electrons. The topological polar surface area (TPSA) is 47.3 Å². The van der Waals surface area contributed by atoms with Crippen LogP contribution in [0, 0.1) is 0 Å². The molecule has 4 heteroatoms. The lowest BCUT2D eigenvalue weighted by Crippen LogP contribution is -2.13. The lowest BCUT2D eigenvalue weighted by molar-refractivity contribution is 0.101. The second-order valence-electron chi connectivity index (χ2n) is 4.96. The summed E-state index contributed by atoms with van der Waals surface area (Å²) in [6, 6.07) is 3.53. The minimum atomic E-state index is -0.0809. The molecule has 0 atom stereocenters. The highest BCUT2D eigenvalue weighted by Gasteiger charge is 2.19. The van der Waals surface area contributed by atoms with E-state index in [4.69, 9.17) is 0 Å². The van der Waals surface area contributed by atoms with E-state index < -0.39 is 0 Å². The molecule has 0 unspecified atom stereocenters. The van der Waals surface area contributed by atoms with E-state index in [0.29, 0.717) is 5.56 Å². The summed E-state index contributed by atoms with van der Waals surface area (Å²) in [5, 5.41) is 4.38. The third-order valence-electron chi connectivity index (χ3n) is 2.41. The van der Waals surface area contributed by atoms with Gasteiger partial charge in [0.1, 0.15) is 0 Å². The molecule has 0 saturated heterocycles. The van der Waals surface area contributed by atoms with Crippen LogP contribution in [0.5, 0.6) is 0 Å². The number of rotatable bonds is 1. The van der Waals surface area contributed by atoms with Gasteiger partial charge >= 0.3 is 0 Å². The number of carbonyl (C=O) groups is 1. The van der Waals surface area contributed by atoms with Crippen molar-refractivity contribution in [2.24, 2.45) is 0 Å². The summed E-state index contributed by atoms with van der Waals surface area (Å²) >= 11 is 0. The normalized spacial score (nSPS) is 12.0. The molecule has 0 fully saturated rings. The van der Waals surface area contributed by atoms with Crippen LogP contribution in [0.2, 0.25) is 0 Å². The van der Waals surface area contributed by atoms with Crippen LogP contribution >= 0.6 is 0 Å². The van der Waals surface area contributed by atoms with E-state index in [1.807, 2.05) is 0 Å². The number of fused-ring (bicyclic) bond motifs is 1. The highest BCUT2D eigenvalue weighted by Crippen LogP contribution is 2.19. The number of aromatic nitrogens is 3. The van der Waals surface area contributed by atoms with Crippen molar-refractivity contribution in [2.75, 3.05) is 0 Å². The van der Waals surface area contributed by atoms with Gasteiger partial charge in [-0.25, -0.2) is 9.50 Å². The van der Waals surface area contributed by atoms with Crippen LogP contribution in [0.25, 0.3) is 5.65 Å². The number of carbonyl (C=O) groups excluding carboxylic acids is 1. The minimum absolute atomic E-state index is 0.0443. The van der Waals surface area contributed by atoms with Crippen LogP contribution in [0.4, 0.5) is 0 Å². The van der Waals surface area contributed by atoms with Gasteiger partial charge < -0.3 is 0 Å². The fraction of sp³-hybridized carbons (Fsp3) is 0.417. The fourth-order valence-corrected chi connectivity index (χ4v) is 1.42. The summed E-state index contributed by atoms with van der Waals surface area (Å²) in [7, 11) is 0. The molecule has 0 bridgehead atoms. The molecule has 0 aromatic carbocycles. The number of nitrogens with zero attached hydrogens (tertiary/aromatic N) is 3. The Morgan fingerprint density at radius 1 is 1.38 bits per heavy atom. The first kappa shape index (κ1) is 10.8. The lowest BCUT2D eigenvalue weighted by Gasteiger charge is -2.11. The van der Waals surface area contributed by atoms with Crippen LogP contribution in [-0.4, -0.2) is 20.4 Å². The van der Waals surface area contributed by atoms with Crippen LogP contribution in [0.1, 0.15) is 43.9 Å². The molecule has 4 nitrogen and oxygen atoms in total. The van der Waals surface area contributed by atoms with Gasteiger partial charge in [0.25, 0.3) is 0 Å². The van der Waals surface area contributed by atoms with E-state index >= 15 is 0 Å². The Morgan fingerprint density at radius 2 is 2.06 bits per heavy atom. The molecule has 0 N–H and O–H groups in total. The predicted octanol–water partition coefficient (Wildman–Crippen LogP) is 2.23. The Labute approximate surface area is 94.3 Å². The van der Waals surface area contributed by atoms with E-state index in [0.717, 1.165) is 11.5 Å². The zero-order valence-corrected chi connectivity index (χ0v) is 9.98. The van der Waals surface area contributed by atoms with E-state index in [-0.39, 0.29) is 11.2 Å². The second-order valence-corrected chi connectivity index (χ2v) is 4.96. The van der Waals surface area contributed by atoms with Gasteiger partial charge in [-0.2, -0.15) is 5.10 Å². The summed E-state index contributed by atoms with van der Waals surface area (Å²) < 4.78 is 1.70. The van der Waals surface area contributed by atoms with Crippen molar-refractivity contribution in [2.45, 2.75) is 33.1 Å². The van der Waals surface area contributed by atoms with Gasteiger partial charge in [0, 0.05) is 17.2 Å². The van der Waals surface area contributed by atoms with E-state index in [1.54, 1.807) is 29.8 Å². The van der Waals surface area contributed by atoms with Crippen molar-refractivity contribution in [3.63, 3.8) is 0 Å². The fourth-order valence-electron chi connectivity index (χ4n) is 1.42. The molecule has 0 radical (unpaired) electrons. The molecule has 2 heterocycles. The monoisotopic (exact) mass is 217 g/mol. The Hall–Kier alpha value is -1.71. The van der Waals surface area contributed by atoms with Crippen LogP contribution < -0.4 is 0 Å². The molecule has 2 aromatic rings. The largest absolute Gasteiger partial charge is 0.295 e. The maximum atomic E-state index is 11.2. The minimum Gasteiger partial charge on any atom is -0.295 e. The second kappa shape index (κ2) is 3.40. The van der Waals surface area contributed by atoms with Gasteiger partial charge in [0.2, 0.25) is 0 Å². The molecule has 0 saturated carbocycles. The zero-order chi connectivity index (χ0) is 11.9. The summed E-state index contributed by atoms with van der Waals surface area (Å²) in [5.41, 5.74) is 1.31. The Balaban J connectivity index is 2.59. The van der Waals surface area contributed by atoms with Gasteiger partial charge in [-0.15, -0.1) is 0 Å². The summed E-state index contributed by atoms with van der Waals surface area (Å²) in [6.07, 6.45) is 1.77. The smallest absolute Gasteiger partial charge is 0.159 e. The molecular formula is C12H15N3O. The maximum absolute atomic E-state index is 11.2. The van der Waals surface area contributed by atoms with Gasteiger partial charge in [-0.05, 0) is 19.1 Å². The molecule has 16 heavy (non-hydrogen) atoms. The summed E-state index contributed by atoms with van der Waals surface area (Å²) in [6.45, 7) is 7.74. The number of hydrogen-bond acceptors (Lipinski definition) is 3. The first-order chi connectivity index (χ1) is 7.38. The SMILES string of the molecule is CC(=O)c1ccn2nc(C(C)(C)C)nc2c1. The summed E-state index contributed by atoms with van der Waals surface area (Å²) in [4.78, 5) is 15.7. The Morgan fingerprint density at radius 3 is 2.62 bits per heavy atom. The third kappa shape index (κ3) is 1.83. The highest BCUT2D eigenvalue weighted by atomic mass is 16.1. The maximum Gasteiger partial charge on any atom is 0.159 e. The van der Waals surface area contributed by atoms with Crippen molar-refractivity contribution in [1.82, 2.24) is 14.6 Å². The Bertz CT molecular complexity index is 549. The predicted molar refractivity (Wildman–Crippen MR) is 61.7 cm³/mol.